The Balaban J connectivity index is 2.06. The zero-order valence-electron chi connectivity index (χ0n) is 16.2. The number of carbonyl (C=O) groups is 2. The van der Waals surface area contributed by atoms with Crippen molar-refractivity contribution in [2.45, 2.75) is 24.8 Å². The molecular weight excluding hydrogens is 382 g/mol. The van der Waals surface area contributed by atoms with Crippen LogP contribution in [0, 0.1) is 0 Å². The van der Waals surface area contributed by atoms with E-state index < -0.39 is 22.1 Å². The predicted octanol–water partition coefficient (Wildman–Crippen LogP) is 2.76. The number of Topliss-reactive ketones (excluding diaryl/α,β-unsaturated/α-hetero) is 1. The first-order valence-corrected chi connectivity index (χ1v) is 10.1. The molecule has 8 heteroatoms. The molecule has 0 spiro atoms. The summed E-state index contributed by atoms with van der Waals surface area (Å²) in [5.74, 6) is -0.403. The van der Waals surface area contributed by atoms with Crippen LogP contribution in [-0.2, 0) is 14.8 Å². The van der Waals surface area contributed by atoms with Crippen LogP contribution in [0.1, 0.15) is 34.6 Å². The molecule has 2 aromatic carbocycles. The summed E-state index contributed by atoms with van der Waals surface area (Å²) in [6, 6.07) is 11.9. The van der Waals surface area contributed by atoms with E-state index in [9.17, 15) is 18.0 Å². The average Bonchev–Trinajstić information content (AvgIpc) is 2.68. The fourth-order valence-electron chi connectivity index (χ4n) is 2.37. The molecule has 0 heterocycles. The Morgan fingerprint density at radius 2 is 1.50 bits per heavy atom. The Bertz CT molecular complexity index is 934. The van der Waals surface area contributed by atoms with E-state index in [1.54, 1.807) is 24.3 Å². The molecule has 0 aromatic heterocycles. The van der Waals surface area contributed by atoms with E-state index in [0.29, 0.717) is 17.9 Å². The third-order valence-electron chi connectivity index (χ3n) is 3.97. The number of hydrogen-bond donors (Lipinski definition) is 0. The summed E-state index contributed by atoms with van der Waals surface area (Å²) in [6.07, 6.45) is -0.990. The number of nitrogens with zero attached hydrogens (tertiary/aromatic N) is 1. The van der Waals surface area contributed by atoms with Crippen LogP contribution in [0.3, 0.4) is 0 Å². The van der Waals surface area contributed by atoms with E-state index in [1.165, 1.54) is 45.3 Å². The highest BCUT2D eigenvalue weighted by molar-refractivity contribution is 7.89. The summed E-state index contributed by atoms with van der Waals surface area (Å²) < 4.78 is 35.8. The van der Waals surface area contributed by atoms with Crippen LogP contribution >= 0.6 is 0 Å². The predicted molar refractivity (Wildman–Crippen MR) is 104 cm³/mol. The van der Waals surface area contributed by atoms with Crippen LogP contribution in [0.2, 0.25) is 0 Å². The first-order valence-electron chi connectivity index (χ1n) is 8.67. The first-order chi connectivity index (χ1) is 13.2. The van der Waals surface area contributed by atoms with E-state index in [1.807, 2.05) is 6.92 Å². The Kier molecular flexibility index (Phi) is 6.93. The molecule has 0 unspecified atom stereocenters. The number of benzene rings is 2. The lowest BCUT2D eigenvalue weighted by Gasteiger charge is -2.14. The summed E-state index contributed by atoms with van der Waals surface area (Å²) >= 11 is 0. The quantitative estimate of drug-likeness (QED) is 0.496. The van der Waals surface area contributed by atoms with Gasteiger partial charge in [-0.05, 0) is 62.4 Å². The van der Waals surface area contributed by atoms with Crippen molar-refractivity contribution in [2.75, 3.05) is 20.7 Å². The lowest BCUT2D eigenvalue weighted by molar-refractivity contribution is 0.0318. The molecule has 0 radical (unpaired) electrons. The molecule has 150 valence electrons. The van der Waals surface area contributed by atoms with Crippen molar-refractivity contribution in [1.82, 2.24) is 4.31 Å². The van der Waals surface area contributed by atoms with E-state index >= 15 is 0 Å². The average molecular weight is 405 g/mol. The summed E-state index contributed by atoms with van der Waals surface area (Å²) in [7, 11) is -0.738. The number of ether oxygens (including phenoxy) is 2. The second-order valence-corrected chi connectivity index (χ2v) is 8.33. The van der Waals surface area contributed by atoms with Gasteiger partial charge in [0.2, 0.25) is 15.8 Å². The fraction of sp³-hybridized carbons (Fsp3) is 0.300. The number of carbonyl (C=O) groups excluding carboxylic acids is 2. The van der Waals surface area contributed by atoms with Gasteiger partial charge in [-0.2, -0.15) is 0 Å². The molecule has 0 aliphatic rings. The van der Waals surface area contributed by atoms with Gasteiger partial charge in [0, 0.05) is 19.7 Å². The van der Waals surface area contributed by atoms with E-state index in [2.05, 4.69) is 0 Å². The molecule has 0 N–H and O–H groups in total. The van der Waals surface area contributed by atoms with Gasteiger partial charge in [0.15, 0.2) is 6.10 Å². The van der Waals surface area contributed by atoms with Crippen LogP contribution < -0.4 is 4.74 Å². The summed E-state index contributed by atoms with van der Waals surface area (Å²) in [5, 5.41) is 0. The van der Waals surface area contributed by atoms with Gasteiger partial charge in [-0.25, -0.2) is 17.5 Å². The highest BCUT2D eigenvalue weighted by Crippen LogP contribution is 2.17. The van der Waals surface area contributed by atoms with Gasteiger partial charge < -0.3 is 9.47 Å². The topological polar surface area (TPSA) is 90.0 Å². The van der Waals surface area contributed by atoms with Crippen molar-refractivity contribution >= 4 is 21.8 Å². The second-order valence-electron chi connectivity index (χ2n) is 6.18. The van der Waals surface area contributed by atoms with Gasteiger partial charge in [-0.1, -0.05) is 0 Å². The molecule has 0 fully saturated rings. The zero-order chi connectivity index (χ0) is 20.9. The molecule has 0 saturated heterocycles. The van der Waals surface area contributed by atoms with Gasteiger partial charge in [-0.3, -0.25) is 4.79 Å². The number of sulfonamides is 1. The Hall–Kier alpha value is -2.71. The number of ketones is 1. The van der Waals surface area contributed by atoms with E-state index in [-0.39, 0.29) is 16.2 Å². The third-order valence-corrected chi connectivity index (χ3v) is 5.80. The molecule has 0 aliphatic heterocycles. The Morgan fingerprint density at radius 1 is 0.964 bits per heavy atom. The zero-order valence-corrected chi connectivity index (χ0v) is 17.0. The van der Waals surface area contributed by atoms with Crippen LogP contribution in [0.15, 0.2) is 53.4 Å². The van der Waals surface area contributed by atoms with Crippen LogP contribution in [0.4, 0.5) is 0 Å². The van der Waals surface area contributed by atoms with Crippen molar-refractivity contribution < 1.29 is 27.5 Å². The highest BCUT2D eigenvalue weighted by atomic mass is 32.2. The normalized spacial score (nSPS) is 12.5. The summed E-state index contributed by atoms with van der Waals surface area (Å²) in [4.78, 5) is 24.8. The third kappa shape index (κ3) is 4.96. The van der Waals surface area contributed by atoms with Crippen molar-refractivity contribution in [2.24, 2.45) is 0 Å². The van der Waals surface area contributed by atoms with Crippen LogP contribution in [0.5, 0.6) is 5.75 Å². The molecule has 0 aliphatic carbocycles. The van der Waals surface area contributed by atoms with Crippen molar-refractivity contribution in [1.29, 1.82) is 0 Å². The maximum Gasteiger partial charge on any atom is 0.338 e. The lowest BCUT2D eigenvalue weighted by Crippen LogP contribution is -2.24. The van der Waals surface area contributed by atoms with E-state index in [0.717, 1.165) is 4.31 Å². The molecule has 2 rings (SSSR count). The van der Waals surface area contributed by atoms with Gasteiger partial charge in [-0.15, -0.1) is 0 Å². The molecule has 0 saturated carbocycles. The standard InChI is InChI=1S/C20H23NO6S/c1-5-26-17-10-6-15(7-11-17)19(22)14(2)27-20(23)16-8-12-18(13-9-16)28(24,25)21(3)4/h6-14H,5H2,1-4H3/t14-/m1/s1. The largest absolute Gasteiger partial charge is 0.494 e. The van der Waals surface area contributed by atoms with Gasteiger partial charge in [0.05, 0.1) is 17.1 Å². The van der Waals surface area contributed by atoms with Crippen molar-refractivity contribution in [3.05, 3.63) is 59.7 Å². The minimum atomic E-state index is -3.58. The molecule has 1 atom stereocenters. The van der Waals surface area contributed by atoms with Gasteiger partial charge in [0.1, 0.15) is 5.75 Å². The molecular formula is C20H23NO6S. The molecule has 0 bridgehead atoms. The van der Waals surface area contributed by atoms with Crippen molar-refractivity contribution in [3.63, 3.8) is 0 Å². The maximum absolute atomic E-state index is 12.4. The number of hydrogen-bond acceptors (Lipinski definition) is 6. The van der Waals surface area contributed by atoms with Crippen molar-refractivity contribution in [3.8, 4) is 5.75 Å². The monoisotopic (exact) mass is 405 g/mol. The second kappa shape index (κ2) is 8.99. The van der Waals surface area contributed by atoms with Crippen LogP contribution in [-0.4, -0.2) is 51.3 Å². The SMILES string of the molecule is CCOc1ccc(C(=O)[C@@H](C)OC(=O)c2ccc(S(=O)(=O)N(C)C)cc2)cc1. The maximum atomic E-state index is 12.4. The minimum Gasteiger partial charge on any atom is -0.494 e. The first kappa shape index (κ1) is 21.6. The number of rotatable bonds is 8. The lowest BCUT2D eigenvalue weighted by atomic mass is 10.1. The molecule has 2 aromatic rings. The Morgan fingerprint density at radius 3 is 2.00 bits per heavy atom. The Labute approximate surface area is 164 Å². The molecule has 7 nitrogen and oxygen atoms in total. The summed E-state index contributed by atoms with van der Waals surface area (Å²) in [6.45, 7) is 3.88. The molecule has 0 amide bonds. The van der Waals surface area contributed by atoms with Gasteiger partial charge in [0.25, 0.3) is 0 Å². The fourth-order valence-corrected chi connectivity index (χ4v) is 3.27. The minimum absolute atomic E-state index is 0.0626. The van der Waals surface area contributed by atoms with Gasteiger partial charge >= 0.3 is 5.97 Å². The van der Waals surface area contributed by atoms with E-state index in [4.69, 9.17) is 9.47 Å². The summed E-state index contributed by atoms with van der Waals surface area (Å²) in [5.41, 5.74) is 0.556. The highest BCUT2D eigenvalue weighted by Gasteiger charge is 2.22. The molecule has 28 heavy (non-hydrogen) atoms. The smallest absolute Gasteiger partial charge is 0.338 e. The van der Waals surface area contributed by atoms with Crippen LogP contribution in [0.25, 0.3) is 0 Å². The number of esters is 1.